The number of ether oxygens (including phenoxy) is 4. The summed E-state index contributed by atoms with van der Waals surface area (Å²) in [5, 5.41) is 0. The average Bonchev–Trinajstić information content (AvgIpc) is 2.04. The van der Waals surface area contributed by atoms with Crippen molar-refractivity contribution in [3.05, 3.63) is 0 Å². The molecule has 0 bridgehead atoms. The fourth-order valence-electron chi connectivity index (χ4n) is 2.17. The first-order valence-corrected chi connectivity index (χ1v) is 4.50. The largest absolute Gasteiger partial charge is 0.515 e. The summed E-state index contributed by atoms with van der Waals surface area (Å²) in [4.78, 5) is 21.3. The number of rotatable bonds is 0. The van der Waals surface area contributed by atoms with Crippen LogP contribution in [-0.4, -0.2) is 23.9 Å². The number of carbonyl (C=O) groups excluding carboxylic acids is 2. The molecule has 2 spiro atoms. The lowest BCUT2D eigenvalue weighted by Gasteiger charge is -2.55. The minimum Gasteiger partial charge on any atom is -0.382 e. The zero-order valence-corrected chi connectivity index (χ0v) is 7.28. The molecule has 2 aliphatic heterocycles. The topological polar surface area (TPSA) is 71.1 Å². The van der Waals surface area contributed by atoms with Gasteiger partial charge < -0.3 is 18.9 Å². The van der Waals surface area contributed by atoms with Crippen molar-refractivity contribution in [2.75, 3.05) is 0 Å². The standard InChI is InChI=1S/C8H8O6/c9-5-11-7(12-5)3-1-2-4-8(7)13-6(10)14-8/h1-4H2. The van der Waals surface area contributed by atoms with Gasteiger partial charge in [0.2, 0.25) is 0 Å². The lowest BCUT2D eigenvalue weighted by Crippen LogP contribution is -2.74. The summed E-state index contributed by atoms with van der Waals surface area (Å²) in [6.07, 6.45) is 1.25. The first-order valence-electron chi connectivity index (χ1n) is 4.50. The Morgan fingerprint density at radius 2 is 1.14 bits per heavy atom. The van der Waals surface area contributed by atoms with Gasteiger partial charge in [0.15, 0.2) is 0 Å². The van der Waals surface area contributed by atoms with E-state index >= 15 is 0 Å². The Morgan fingerprint density at radius 1 is 0.786 bits per heavy atom. The van der Waals surface area contributed by atoms with E-state index in [2.05, 4.69) is 0 Å². The first kappa shape index (κ1) is 7.90. The normalized spacial score (nSPS) is 30.6. The molecule has 2 heterocycles. The van der Waals surface area contributed by atoms with Crippen LogP contribution in [0.2, 0.25) is 0 Å². The second-order valence-electron chi connectivity index (χ2n) is 3.62. The van der Waals surface area contributed by atoms with Gasteiger partial charge >= 0.3 is 23.9 Å². The van der Waals surface area contributed by atoms with Crippen LogP contribution in [-0.2, 0) is 18.9 Å². The summed E-state index contributed by atoms with van der Waals surface area (Å²) < 4.78 is 19.6. The average molecular weight is 200 g/mol. The molecule has 6 nitrogen and oxygen atoms in total. The van der Waals surface area contributed by atoms with Gasteiger partial charge in [-0.2, -0.15) is 0 Å². The number of hydrogen-bond acceptors (Lipinski definition) is 6. The summed E-state index contributed by atoms with van der Waals surface area (Å²) in [6, 6.07) is 0. The van der Waals surface area contributed by atoms with Crippen LogP contribution in [0.1, 0.15) is 25.7 Å². The Balaban J connectivity index is 1.87. The maximum absolute atomic E-state index is 10.6. The van der Waals surface area contributed by atoms with Crippen LogP contribution >= 0.6 is 0 Å². The number of hydrogen-bond donors (Lipinski definition) is 0. The molecule has 2 saturated heterocycles. The molecule has 0 aromatic rings. The Bertz CT molecular complexity index is 274. The van der Waals surface area contributed by atoms with Gasteiger partial charge in [-0.05, 0) is 12.8 Å². The third-order valence-corrected chi connectivity index (χ3v) is 2.83. The molecule has 0 radical (unpaired) electrons. The predicted molar refractivity (Wildman–Crippen MR) is 39.1 cm³/mol. The van der Waals surface area contributed by atoms with E-state index in [-0.39, 0.29) is 0 Å². The van der Waals surface area contributed by atoms with Gasteiger partial charge in [-0.15, -0.1) is 0 Å². The van der Waals surface area contributed by atoms with Crippen molar-refractivity contribution >= 4 is 12.3 Å². The summed E-state index contributed by atoms with van der Waals surface area (Å²) in [6.45, 7) is 0. The Morgan fingerprint density at radius 3 is 1.43 bits per heavy atom. The number of carbonyl (C=O) groups is 2. The van der Waals surface area contributed by atoms with Crippen LogP contribution in [0.4, 0.5) is 9.59 Å². The van der Waals surface area contributed by atoms with Gasteiger partial charge in [0, 0.05) is 12.8 Å². The molecule has 0 unspecified atom stereocenters. The SMILES string of the molecule is O=C1OC2(CCCCC23OC(=O)O3)O1. The van der Waals surface area contributed by atoms with E-state index in [4.69, 9.17) is 18.9 Å². The molecular weight excluding hydrogens is 192 g/mol. The molecule has 0 atom stereocenters. The molecule has 0 aromatic heterocycles. The zero-order chi connectivity index (χ0) is 9.81. The predicted octanol–water partition coefficient (Wildman–Crippen LogP) is 1.29. The van der Waals surface area contributed by atoms with Gasteiger partial charge in [0.05, 0.1) is 0 Å². The van der Waals surface area contributed by atoms with Crippen molar-refractivity contribution < 1.29 is 28.5 Å². The van der Waals surface area contributed by atoms with E-state index in [1.54, 1.807) is 0 Å². The van der Waals surface area contributed by atoms with E-state index in [0.29, 0.717) is 12.8 Å². The van der Waals surface area contributed by atoms with E-state index in [1.165, 1.54) is 0 Å². The fraction of sp³-hybridized carbons (Fsp3) is 0.750. The minimum absolute atomic E-state index is 0.506. The van der Waals surface area contributed by atoms with Crippen LogP contribution in [0.3, 0.4) is 0 Å². The van der Waals surface area contributed by atoms with Gasteiger partial charge in [-0.3, -0.25) is 0 Å². The maximum Gasteiger partial charge on any atom is 0.515 e. The third kappa shape index (κ3) is 0.718. The van der Waals surface area contributed by atoms with Gasteiger partial charge in [0.25, 0.3) is 0 Å². The van der Waals surface area contributed by atoms with E-state index in [1.807, 2.05) is 0 Å². The maximum atomic E-state index is 10.6. The van der Waals surface area contributed by atoms with Crippen LogP contribution < -0.4 is 0 Å². The zero-order valence-electron chi connectivity index (χ0n) is 7.28. The van der Waals surface area contributed by atoms with Crippen molar-refractivity contribution in [1.82, 2.24) is 0 Å². The summed E-state index contributed by atoms with van der Waals surface area (Å²) in [7, 11) is 0. The van der Waals surface area contributed by atoms with Crippen molar-refractivity contribution in [2.45, 2.75) is 37.3 Å². The molecule has 76 valence electrons. The molecule has 3 aliphatic rings. The second-order valence-corrected chi connectivity index (χ2v) is 3.62. The molecule has 1 saturated carbocycles. The van der Waals surface area contributed by atoms with E-state index < -0.39 is 23.9 Å². The van der Waals surface area contributed by atoms with E-state index in [9.17, 15) is 9.59 Å². The smallest absolute Gasteiger partial charge is 0.382 e. The van der Waals surface area contributed by atoms with Gasteiger partial charge in [-0.1, -0.05) is 0 Å². The lowest BCUT2D eigenvalue weighted by molar-refractivity contribution is -0.452. The fourth-order valence-corrected chi connectivity index (χ4v) is 2.17. The number of fused-ring (bicyclic) bond motifs is 1. The third-order valence-electron chi connectivity index (χ3n) is 2.83. The highest BCUT2D eigenvalue weighted by Gasteiger charge is 2.75. The van der Waals surface area contributed by atoms with Gasteiger partial charge in [0.1, 0.15) is 0 Å². The monoisotopic (exact) mass is 200 g/mol. The molecule has 3 rings (SSSR count). The second kappa shape index (κ2) is 2.13. The van der Waals surface area contributed by atoms with Crippen LogP contribution in [0.25, 0.3) is 0 Å². The van der Waals surface area contributed by atoms with Gasteiger partial charge in [-0.25, -0.2) is 9.59 Å². The molecule has 0 amide bonds. The molecule has 6 heteroatoms. The summed E-state index contributed by atoms with van der Waals surface area (Å²) in [5.74, 6) is -2.34. The summed E-state index contributed by atoms with van der Waals surface area (Å²) in [5.41, 5.74) is 0. The van der Waals surface area contributed by atoms with E-state index in [0.717, 1.165) is 12.8 Å². The van der Waals surface area contributed by atoms with Crippen LogP contribution in [0, 0.1) is 0 Å². The molecular formula is C8H8O6. The van der Waals surface area contributed by atoms with Crippen molar-refractivity contribution in [2.24, 2.45) is 0 Å². The Kier molecular flexibility index (Phi) is 1.20. The van der Waals surface area contributed by atoms with Crippen molar-refractivity contribution in [3.63, 3.8) is 0 Å². The highest BCUT2D eigenvalue weighted by atomic mass is 17.0. The molecule has 0 aromatic carbocycles. The Hall–Kier alpha value is -1.46. The lowest BCUT2D eigenvalue weighted by atomic mass is 9.85. The highest BCUT2D eigenvalue weighted by Crippen LogP contribution is 2.52. The van der Waals surface area contributed by atoms with Crippen LogP contribution in [0.5, 0.6) is 0 Å². The molecule has 3 fully saturated rings. The minimum atomic E-state index is -1.17. The van der Waals surface area contributed by atoms with Crippen molar-refractivity contribution in [3.8, 4) is 0 Å². The summed E-state index contributed by atoms with van der Waals surface area (Å²) >= 11 is 0. The highest BCUT2D eigenvalue weighted by molar-refractivity contribution is 5.70. The van der Waals surface area contributed by atoms with Crippen LogP contribution in [0.15, 0.2) is 0 Å². The Labute approximate surface area is 79.1 Å². The molecule has 14 heavy (non-hydrogen) atoms. The first-order chi connectivity index (χ1) is 6.66. The molecule has 0 N–H and O–H groups in total. The molecule has 1 aliphatic carbocycles. The quantitative estimate of drug-likeness (QED) is 0.548. The van der Waals surface area contributed by atoms with Crippen molar-refractivity contribution in [1.29, 1.82) is 0 Å².